The molecular weight excluding hydrogens is 429 g/mol. The van der Waals surface area contributed by atoms with E-state index < -0.39 is 0 Å². The summed E-state index contributed by atoms with van der Waals surface area (Å²) in [5, 5.41) is 17.4. The monoisotopic (exact) mass is 445 g/mol. The number of nitrogens with two attached hydrogens (primary N) is 1. The number of hydrogen-bond acceptors (Lipinski definition) is 2. The summed E-state index contributed by atoms with van der Waals surface area (Å²) in [6.45, 7) is 0.547. The second kappa shape index (κ2) is 8.03. The number of H-pyrrole nitrogens is 1. The zero-order valence-electron chi connectivity index (χ0n) is 15.2. The van der Waals surface area contributed by atoms with E-state index in [-0.39, 0.29) is 5.96 Å². The van der Waals surface area contributed by atoms with Crippen molar-refractivity contribution < 1.29 is 0 Å². The van der Waals surface area contributed by atoms with Crippen molar-refractivity contribution in [2.24, 2.45) is 5.73 Å². The number of fused-ring (bicyclic) bond motifs is 3. The van der Waals surface area contributed by atoms with Gasteiger partial charge in [0.2, 0.25) is 0 Å². The van der Waals surface area contributed by atoms with E-state index in [0.29, 0.717) is 28.0 Å². The third-order valence-corrected chi connectivity index (χ3v) is 5.65. The summed E-state index contributed by atoms with van der Waals surface area (Å²) in [6.07, 6.45) is 0.681. The topological polar surface area (TPSA) is 89.7 Å². The Balaban J connectivity index is 1.82. The molecule has 0 fully saturated rings. The Hall–Kier alpha value is -2.60. The fraction of sp³-hybridized carbons (Fsp3) is 0.0952. The number of anilines is 2. The average molecular weight is 447 g/mol. The van der Waals surface area contributed by atoms with Crippen molar-refractivity contribution in [1.29, 1.82) is 5.41 Å². The highest BCUT2D eigenvalue weighted by atomic mass is 35.5. The van der Waals surface area contributed by atoms with Gasteiger partial charge >= 0.3 is 0 Å². The second-order valence-electron chi connectivity index (χ2n) is 6.72. The summed E-state index contributed by atoms with van der Waals surface area (Å²) in [6, 6.07) is 15.4. The van der Waals surface area contributed by atoms with Crippen molar-refractivity contribution in [1.82, 2.24) is 10.3 Å². The molecule has 0 aliphatic carbocycles. The third kappa shape index (κ3) is 4.22. The lowest BCUT2D eigenvalue weighted by Gasteiger charge is -2.11. The Labute approximate surface area is 182 Å². The summed E-state index contributed by atoms with van der Waals surface area (Å²) in [5.74, 6) is -0.0492. The van der Waals surface area contributed by atoms with Crippen molar-refractivity contribution >= 4 is 73.9 Å². The van der Waals surface area contributed by atoms with Gasteiger partial charge in [0.1, 0.15) is 0 Å². The first kappa shape index (κ1) is 19.7. The molecule has 0 amide bonds. The Kier molecular flexibility index (Phi) is 5.46. The Morgan fingerprint density at radius 1 is 0.931 bits per heavy atom. The van der Waals surface area contributed by atoms with Crippen LogP contribution in [0.2, 0.25) is 15.1 Å². The molecule has 3 aromatic carbocycles. The Morgan fingerprint density at radius 2 is 1.66 bits per heavy atom. The molecule has 4 aromatic rings. The number of benzene rings is 3. The van der Waals surface area contributed by atoms with Crippen LogP contribution in [0.3, 0.4) is 0 Å². The predicted octanol–water partition coefficient (Wildman–Crippen LogP) is 6.05. The molecule has 0 saturated heterocycles. The summed E-state index contributed by atoms with van der Waals surface area (Å²) in [4.78, 5) is 3.45. The van der Waals surface area contributed by atoms with E-state index in [0.717, 1.165) is 38.7 Å². The van der Waals surface area contributed by atoms with Crippen LogP contribution in [0.15, 0.2) is 48.5 Å². The molecular formula is C21H18Cl3N5. The van der Waals surface area contributed by atoms with E-state index in [2.05, 4.69) is 27.8 Å². The number of rotatable bonds is 5. The third-order valence-electron chi connectivity index (χ3n) is 4.67. The maximum atomic E-state index is 7.37. The molecule has 0 aliphatic rings. The number of aromatic nitrogens is 1. The summed E-state index contributed by atoms with van der Waals surface area (Å²) in [5.41, 5.74) is 10.3. The van der Waals surface area contributed by atoms with Crippen LogP contribution in [-0.4, -0.2) is 17.5 Å². The standard InChI is InChI=1S/C21H18Cl3N5/c22-12-1-3-13(4-2-12)28-14-7-11(5-6-27-21(25)26)20-16(8-14)15-9-17(23)18(24)10-19(15)29-20/h1-4,7-10,28-29H,5-6H2,(H4,25,26,27). The van der Waals surface area contributed by atoms with Crippen LogP contribution in [-0.2, 0) is 6.42 Å². The average Bonchev–Trinajstić information content (AvgIpc) is 3.01. The van der Waals surface area contributed by atoms with Gasteiger partial charge in [-0.1, -0.05) is 34.8 Å². The van der Waals surface area contributed by atoms with Gasteiger partial charge in [-0.05, 0) is 60.5 Å². The van der Waals surface area contributed by atoms with Gasteiger partial charge in [0.05, 0.1) is 10.0 Å². The minimum atomic E-state index is -0.0492. The van der Waals surface area contributed by atoms with E-state index >= 15 is 0 Å². The minimum Gasteiger partial charge on any atom is -0.370 e. The lowest BCUT2D eigenvalue weighted by atomic mass is 10.0. The van der Waals surface area contributed by atoms with E-state index in [9.17, 15) is 0 Å². The number of hydrogen-bond donors (Lipinski definition) is 5. The van der Waals surface area contributed by atoms with E-state index in [1.165, 1.54) is 0 Å². The van der Waals surface area contributed by atoms with Crippen LogP contribution in [0.5, 0.6) is 0 Å². The van der Waals surface area contributed by atoms with Crippen molar-refractivity contribution in [2.45, 2.75) is 6.42 Å². The van der Waals surface area contributed by atoms with Crippen LogP contribution >= 0.6 is 34.8 Å². The van der Waals surface area contributed by atoms with Gasteiger partial charge in [0.15, 0.2) is 5.96 Å². The molecule has 0 unspecified atom stereocenters. The van der Waals surface area contributed by atoms with Crippen LogP contribution in [0.25, 0.3) is 21.8 Å². The zero-order chi connectivity index (χ0) is 20.5. The fourth-order valence-corrected chi connectivity index (χ4v) is 3.82. The highest BCUT2D eigenvalue weighted by Crippen LogP contribution is 2.36. The van der Waals surface area contributed by atoms with E-state index in [1.54, 1.807) is 0 Å². The molecule has 5 nitrogen and oxygen atoms in total. The first-order chi connectivity index (χ1) is 13.9. The number of aromatic amines is 1. The Bertz CT molecular complexity index is 1210. The lowest BCUT2D eigenvalue weighted by molar-refractivity contribution is 0.857. The van der Waals surface area contributed by atoms with Gasteiger partial charge in [0.25, 0.3) is 0 Å². The lowest BCUT2D eigenvalue weighted by Crippen LogP contribution is -2.31. The molecule has 1 aromatic heterocycles. The normalized spacial score (nSPS) is 11.1. The van der Waals surface area contributed by atoms with Gasteiger partial charge < -0.3 is 21.4 Å². The van der Waals surface area contributed by atoms with Crippen LogP contribution < -0.4 is 16.4 Å². The predicted molar refractivity (Wildman–Crippen MR) is 124 cm³/mol. The number of nitrogens with one attached hydrogen (secondary N) is 4. The van der Waals surface area contributed by atoms with Crippen LogP contribution in [0, 0.1) is 5.41 Å². The quantitative estimate of drug-likeness (QED) is 0.191. The maximum absolute atomic E-state index is 7.37. The van der Waals surface area contributed by atoms with Gasteiger partial charge in [0, 0.05) is 44.7 Å². The van der Waals surface area contributed by atoms with E-state index in [4.69, 9.17) is 45.9 Å². The highest BCUT2D eigenvalue weighted by molar-refractivity contribution is 6.43. The van der Waals surface area contributed by atoms with Gasteiger partial charge in [-0.2, -0.15) is 0 Å². The minimum absolute atomic E-state index is 0.0492. The first-order valence-electron chi connectivity index (χ1n) is 8.94. The molecule has 29 heavy (non-hydrogen) atoms. The van der Waals surface area contributed by atoms with Crippen molar-refractivity contribution in [3.8, 4) is 0 Å². The van der Waals surface area contributed by atoms with Gasteiger partial charge in [-0.3, -0.25) is 5.41 Å². The summed E-state index contributed by atoms with van der Waals surface area (Å²) < 4.78 is 0. The molecule has 148 valence electrons. The molecule has 1 heterocycles. The van der Waals surface area contributed by atoms with Crippen LogP contribution in [0.4, 0.5) is 11.4 Å². The smallest absolute Gasteiger partial charge is 0.185 e. The zero-order valence-corrected chi connectivity index (χ0v) is 17.5. The number of guanidine groups is 1. The maximum Gasteiger partial charge on any atom is 0.185 e. The SMILES string of the molecule is N=C(N)NCCc1cc(Nc2ccc(Cl)cc2)cc2c1[nH]c1cc(Cl)c(Cl)cc12. The molecule has 0 bridgehead atoms. The molecule has 0 radical (unpaired) electrons. The molecule has 4 rings (SSSR count). The van der Waals surface area contributed by atoms with Crippen molar-refractivity contribution in [2.75, 3.05) is 11.9 Å². The van der Waals surface area contributed by atoms with Gasteiger partial charge in [-0.15, -0.1) is 0 Å². The largest absolute Gasteiger partial charge is 0.370 e. The van der Waals surface area contributed by atoms with E-state index in [1.807, 2.05) is 36.4 Å². The van der Waals surface area contributed by atoms with Gasteiger partial charge in [-0.25, -0.2) is 0 Å². The molecule has 6 N–H and O–H groups in total. The fourth-order valence-electron chi connectivity index (χ4n) is 3.37. The molecule has 0 saturated carbocycles. The summed E-state index contributed by atoms with van der Waals surface area (Å²) >= 11 is 18.5. The second-order valence-corrected chi connectivity index (χ2v) is 7.97. The molecule has 0 spiro atoms. The highest BCUT2D eigenvalue weighted by Gasteiger charge is 2.13. The molecule has 0 atom stereocenters. The van der Waals surface area contributed by atoms with Crippen LogP contribution in [0.1, 0.15) is 5.56 Å². The molecule has 8 heteroatoms. The Morgan fingerprint density at radius 3 is 2.38 bits per heavy atom. The first-order valence-corrected chi connectivity index (χ1v) is 10.1. The van der Waals surface area contributed by atoms with Crippen molar-refractivity contribution in [3.05, 3.63) is 69.2 Å². The van der Waals surface area contributed by atoms with Crippen molar-refractivity contribution in [3.63, 3.8) is 0 Å². The summed E-state index contributed by atoms with van der Waals surface area (Å²) in [7, 11) is 0. The number of halogens is 3. The molecule has 0 aliphatic heterocycles.